The van der Waals surface area contributed by atoms with Crippen molar-refractivity contribution in [3.63, 3.8) is 0 Å². The zero-order valence-electron chi connectivity index (χ0n) is 9.66. The lowest BCUT2D eigenvalue weighted by Crippen LogP contribution is -1.95. The first-order chi connectivity index (χ1) is 8.24. The van der Waals surface area contributed by atoms with Crippen LogP contribution in [0.4, 0.5) is 5.13 Å². The van der Waals surface area contributed by atoms with Crippen molar-refractivity contribution in [1.82, 2.24) is 4.98 Å². The number of methoxy groups -OCH3 is 1. The molecule has 2 rings (SSSR count). The summed E-state index contributed by atoms with van der Waals surface area (Å²) in [7, 11) is 1.66. The Morgan fingerprint density at radius 1 is 1.47 bits per heavy atom. The van der Waals surface area contributed by atoms with Crippen LogP contribution < -0.4 is 10.1 Å². The molecule has 0 saturated heterocycles. The molecule has 1 N–H and O–H groups in total. The number of hydrogen-bond acceptors (Lipinski definition) is 4. The van der Waals surface area contributed by atoms with E-state index in [2.05, 4.69) is 33.2 Å². The third-order valence-corrected chi connectivity index (χ3v) is 3.70. The predicted molar refractivity (Wildman–Crippen MR) is 76.0 cm³/mol. The molecule has 0 aliphatic carbocycles. The smallest absolute Gasteiger partial charge is 0.183 e. The first-order valence-corrected chi connectivity index (χ1v) is 6.95. The first-order valence-electron chi connectivity index (χ1n) is 5.28. The average molecular weight is 313 g/mol. The fraction of sp³-hybridized carbons (Fsp3) is 0.250. The van der Waals surface area contributed by atoms with E-state index in [-0.39, 0.29) is 0 Å². The average Bonchev–Trinajstić information content (AvgIpc) is 2.78. The number of aromatic nitrogens is 1. The van der Waals surface area contributed by atoms with E-state index in [0.29, 0.717) is 0 Å². The number of thiazole rings is 1. The van der Waals surface area contributed by atoms with Gasteiger partial charge >= 0.3 is 0 Å². The van der Waals surface area contributed by atoms with E-state index in [1.165, 1.54) is 0 Å². The molecule has 90 valence electrons. The van der Waals surface area contributed by atoms with Gasteiger partial charge in [0.2, 0.25) is 0 Å². The molecule has 0 atom stereocenters. The van der Waals surface area contributed by atoms with Crippen molar-refractivity contribution < 1.29 is 4.74 Å². The van der Waals surface area contributed by atoms with Crippen molar-refractivity contribution >= 4 is 32.4 Å². The highest BCUT2D eigenvalue weighted by atomic mass is 79.9. The lowest BCUT2D eigenvalue weighted by atomic mass is 10.2. The highest BCUT2D eigenvalue weighted by molar-refractivity contribution is 9.10. The van der Waals surface area contributed by atoms with Gasteiger partial charge in [-0.15, -0.1) is 11.3 Å². The molecular formula is C12H13BrN2OS. The molecule has 1 heterocycles. The number of hydrogen-bond donors (Lipinski definition) is 1. The summed E-state index contributed by atoms with van der Waals surface area (Å²) in [6.45, 7) is 2.95. The molecule has 17 heavy (non-hydrogen) atoms. The first kappa shape index (κ1) is 12.4. The van der Waals surface area contributed by atoms with Crippen LogP contribution in [0.3, 0.4) is 0 Å². The van der Waals surface area contributed by atoms with Gasteiger partial charge in [0.25, 0.3) is 0 Å². The molecule has 1 aromatic heterocycles. The Hall–Kier alpha value is -1.07. The minimum absolute atomic E-state index is 0.830. The zero-order valence-corrected chi connectivity index (χ0v) is 12.1. The fourth-order valence-electron chi connectivity index (χ4n) is 1.46. The van der Waals surface area contributed by atoms with Crippen molar-refractivity contribution in [2.24, 2.45) is 0 Å². The molecule has 0 unspecified atom stereocenters. The maximum absolute atomic E-state index is 5.20. The largest absolute Gasteiger partial charge is 0.496 e. The summed E-state index contributed by atoms with van der Waals surface area (Å²) in [4.78, 5) is 4.51. The van der Waals surface area contributed by atoms with Crippen molar-refractivity contribution in [1.29, 1.82) is 0 Å². The Labute approximate surface area is 113 Å². The summed E-state index contributed by atoms with van der Waals surface area (Å²) < 4.78 is 6.14. The summed E-state index contributed by atoms with van der Waals surface area (Å²) in [6.07, 6.45) is 0. The SMILES string of the molecule is CCNc1nc(-c2ccc(OC)c(Br)c2)cs1. The molecule has 0 saturated carbocycles. The van der Waals surface area contributed by atoms with E-state index in [0.717, 1.165) is 33.2 Å². The van der Waals surface area contributed by atoms with Crippen LogP contribution in [0.5, 0.6) is 5.75 Å². The lowest BCUT2D eigenvalue weighted by molar-refractivity contribution is 0.412. The second-order valence-corrected chi connectivity index (χ2v) is 5.13. The Bertz CT molecular complexity index is 513. The predicted octanol–water partition coefficient (Wildman–Crippen LogP) is 4.01. The van der Waals surface area contributed by atoms with Gasteiger partial charge < -0.3 is 10.1 Å². The second-order valence-electron chi connectivity index (χ2n) is 3.42. The molecule has 0 amide bonds. The third kappa shape index (κ3) is 2.79. The Kier molecular flexibility index (Phi) is 4.02. The molecule has 1 aromatic carbocycles. The standard InChI is InChI=1S/C12H13BrN2OS/c1-3-14-12-15-10(7-17-12)8-4-5-11(16-2)9(13)6-8/h4-7H,3H2,1-2H3,(H,14,15). The number of rotatable bonds is 4. The van der Waals surface area contributed by atoms with Gasteiger partial charge in [-0.1, -0.05) is 0 Å². The van der Waals surface area contributed by atoms with Crippen molar-refractivity contribution in [3.05, 3.63) is 28.1 Å². The molecule has 5 heteroatoms. The van der Waals surface area contributed by atoms with Crippen LogP contribution >= 0.6 is 27.3 Å². The molecule has 2 aromatic rings. The van der Waals surface area contributed by atoms with Crippen LogP contribution in [-0.2, 0) is 0 Å². The van der Waals surface area contributed by atoms with Crippen molar-refractivity contribution in [2.45, 2.75) is 6.92 Å². The highest BCUT2D eigenvalue weighted by Crippen LogP contribution is 2.31. The van der Waals surface area contributed by atoms with Crippen LogP contribution in [-0.4, -0.2) is 18.6 Å². The Balaban J connectivity index is 2.29. The minimum atomic E-state index is 0.830. The van der Waals surface area contributed by atoms with E-state index in [4.69, 9.17) is 4.74 Å². The molecule has 0 spiro atoms. The molecule has 0 aliphatic rings. The number of nitrogens with zero attached hydrogens (tertiary/aromatic N) is 1. The highest BCUT2D eigenvalue weighted by Gasteiger charge is 2.06. The summed E-state index contributed by atoms with van der Waals surface area (Å²) in [5.41, 5.74) is 2.06. The maximum atomic E-state index is 5.20. The second kappa shape index (κ2) is 5.51. The molecule has 0 radical (unpaired) electrons. The maximum Gasteiger partial charge on any atom is 0.183 e. The number of anilines is 1. The molecule has 3 nitrogen and oxygen atoms in total. The quantitative estimate of drug-likeness (QED) is 0.926. The fourth-order valence-corrected chi connectivity index (χ4v) is 2.80. The van der Waals surface area contributed by atoms with Gasteiger partial charge in [-0.05, 0) is 41.1 Å². The minimum Gasteiger partial charge on any atom is -0.496 e. The summed E-state index contributed by atoms with van der Waals surface area (Å²) in [5.74, 6) is 0.830. The Morgan fingerprint density at radius 2 is 2.29 bits per heavy atom. The third-order valence-electron chi connectivity index (χ3n) is 2.28. The number of halogens is 1. The van der Waals surface area contributed by atoms with Gasteiger partial charge in [0.15, 0.2) is 5.13 Å². The van der Waals surface area contributed by atoms with Gasteiger partial charge in [-0.2, -0.15) is 0 Å². The van der Waals surface area contributed by atoms with Crippen molar-refractivity contribution in [3.8, 4) is 17.0 Å². The Morgan fingerprint density at radius 3 is 2.94 bits per heavy atom. The van der Waals surface area contributed by atoms with Gasteiger partial charge in [0.05, 0.1) is 17.3 Å². The van der Waals surface area contributed by atoms with Crippen LogP contribution in [0.25, 0.3) is 11.3 Å². The monoisotopic (exact) mass is 312 g/mol. The lowest BCUT2D eigenvalue weighted by Gasteiger charge is -2.04. The van der Waals surface area contributed by atoms with E-state index in [1.54, 1.807) is 18.4 Å². The van der Waals surface area contributed by atoms with Crippen molar-refractivity contribution in [2.75, 3.05) is 19.0 Å². The molecule has 0 fully saturated rings. The molecule has 0 aliphatic heterocycles. The number of benzene rings is 1. The number of nitrogens with one attached hydrogen (secondary N) is 1. The topological polar surface area (TPSA) is 34.2 Å². The normalized spacial score (nSPS) is 10.3. The van der Waals surface area contributed by atoms with E-state index in [1.807, 2.05) is 23.6 Å². The van der Waals surface area contributed by atoms with Crippen LogP contribution in [0.1, 0.15) is 6.92 Å². The summed E-state index contributed by atoms with van der Waals surface area (Å²) in [5, 5.41) is 6.21. The molecule has 0 bridgehead atoms. The van der Waals surface area contributed by atoms with E-state index in [9.17, 15) is 0 Å². The van der Waals surface area contributed by atoms with Crippen LogP contribution in [0.15, 0.2) is 28.1 Å². The van der Waals surface area contributed by atoms with E-state index < -0.39 is 0 Å². The summed E-state index contributed by atoms with van der Waals surface area (Å²) in [6, 6.07) is 5.96. The number of ether oxygens (including phenoxy) is 1. The van der Waals surface area contributed by atoms with Gasteiger partial charge in [-0.3, -0.25) is 0 Å². The van der Waals surface area contributed by atoms with Crippen LogP contribution in [0.2, 0.25) is 0 Å². The summed E-state index contributed by atoms with van der Waals surface area (Å²) >= 11 is 5.09. The van der Waals surface area contributed by atoms with Gasteiger partial charge in [0, 0.05) is 17.5 Å². The zero-order chi connectivity index (χ0) is 12.3. The molecular weight excluding hydrogens is 300 g/mol. The van der Waals surface area contributed by atoms with Gasteiger partial charge in [0.1, 0.15) is 5.75 Å². The van der Waals surface area contributed by atoms with E-state index >= 15 is 0 Å². The van der Waals surface area contributed by atoms with Crippen LogP contribution in [0, 0.1) is 0 Å². The van der Waals surface area contributed by atoms with Gasteiger partial charge in [-0.25, -0.2) is 4.98 Å².